The Labute approximate surface area is 87.6 Å². The second kappa shape index (κ2) is 4.74. The van der Waals surface area contributed by atoms with Gasteiger partial charge in [0.15, 0.2) is 0 Å². The van der Waals surface area contributed by atoms with Crippen LogP contribution in [0.1, 0.15) is 23.7 Å². The van der Waals surface area contributed by atoms with Gasteiger partial charge in [0.1, 0.15) is 5.01 Å². The van der Waals surface area contributed by atoms with E-state index in [1.165, 1.54) is 0 Å². The van der Waals surface area contributed by atoms with Gasteiger partial charge < -0.3 is 5.32 Å². The van der Waals surface area contributed by atoms with Crippen molar-refractivity contribution in [3.8, 4) is 0 Å². The predicted molar refractivity (Wildman–Crippen MR) is 58.3 cm³/mol. The van der Waals surface area contributed by atoms with E-state index in [0.29, 0.717) is 11.6 Å². The van der Waals surface area contributed by atoms with Gasteiger partial charge in [0, 0.05) is 22.7 Å². The van der Waals surface area contributed by atoms with E-state index in [1.807, 2.05) is 12.3 Å². The molecule has 0 spiro atoms. The largest absolute Gasteiger partial charge is 0.303 e. The van der Waals surface area contributed by atoms with Crippen LogP contribution in [0.25, 0.3) is 0 Å². The van der Waals surface area contributed by atoms with Gasteiger partial charge in [0.25, 0.3) is 0 Å². The number of aryl methyl sites for hydroxylation is 1. The standard InChI is InChI=1S/C9H13ClN2S/c1-6(10)4-11-8(3)9-12-7(2)5-13-9/h5,8,11H,1,4H2,2-3H3. The molecule has 0 amide bonds. The summed E-state index contributed by atoms with van der Waals surface area (Å²) in [6.07, 6.45) is 0. The van der Waals surface area contributed by atoms with Crippen molar-refractivity contribution in [2.45, 2.75) is 19.9 Å². The van der Waals surface area contributed by atoms with Crippen LogP contribution in [0.15, 0.2) is 17.0 Å². The number of thiazole rings is 1. The van der Waals surface area contributed by atoms with Gasteiger partial charge >= 0.3 is 0 Å². The summed E-state index contributed by atoms with van der Waals surface area (Å²) >= 11 is 7.30. The summed E-state index contributed by atoms with van der Waals surface area (Å²) in [5.74, 6) is 0. The number of nitrogens with one attached hydrogen (secondary N) is 1. The zero-order valence-electron chi connectivity index (χ0n) is 7.80. The van der Waals surface area contributed by atoms with Gasteiger partial charge in [-0.15, -0.1) is 11.3 Å². The summed E-state index contributed by atoms with van der Waals surface area (Å²) in [6, 6.07) is 0.245. The van der Waals surface area contributed by atoms with Crippen molar-refractivity contribution in [2.24, 2.45) is 0 Å². The van der Waals surface area contributed by atoms with Crippen molar-refractivity contribution >= 4 is 22.9 Å². The van der Waals surface area contributed by atoms with Gasteiger partial charge in [0.05, 0.1) is 6.04 Å². The molecule has 1 aromatic heterocycles. The Kier molecular flexibility index (Phi) is 3.90. The SMILES string of the molecule is C=C(Cl)CNC(C)c1nc(C)cs1. The summed E-state index contributed by atoms with van der Waals surface area (Å²) in [7, 11) is 0. The molecule has 0 aliphatic heterocycles. The molecule has 0 bridgehead atoms. The molecule has 0 aliphatic rings. The van der Waals surface area contributed by atoms with Crippen LogP contribution in [0, 0.1) is 6.92 Å². The van der Waals surface area contributed by atoms with Crippen molar-refractivity contribution < 1.29 is 0 Å². The third-order valence-electron chi connectivity index (χ3n) is 1.61. The first-order valence-corrected chi connectivity index (χ1v) is 5.34. The van der Waals surface area contributed by atoms with Crippen LogP contribution in [0.3, 0.4) is 0 Å². The molecule has 4 heteroatoms. The number of hydrogen-bond donors (Lipinski definition) is 1. The van der Waals surface area contributed by atoms with E-state index in [4.69, 9.17) is 11.6 Å². The van der Waals surface area contributed by atoms with Crippen LogP contribution in [0.5, 0.6) is 0 Å². The molecule has 0 saturated heterocycles. The summed E-state index contributed by atoms with van der Waals surface area (Å²) in [5, 5.41) is 6.99. The first kappa shape index (κ1) is 10.7. The Morgan fingerprint density at radius 2 is 2.54 bits per heavy atom. The Bertz CT molecular complexity index is 296. The monoisotopic (exact) mass is 216 g/mol. The van der Waals surface area contributed by atoms with Crippen molar-refractivity contribution in [1.82, 2.24) is 10.3 Å². The highest BCUT2D eigenvalue weighted by molar-refractivity contribution is 7.09. The first-order valence-electron chi connectivity index (χ1n) is 4.08. The van der Waals surface area contributed by atoms with Gasteiger partial charge in [-0.2, -0.15) is 0 Å². The molecular weight excluding hydrogens is 204 g/mol. The lowest BCUT2D eigenvalue weighted by Crippen LogP contribution is -2.19. The van der Waals surface area contributed by atoms with Crippen molar-refractivity contribution in [2.75, 3.05) is 6.54 Å². The maximum Gasteiger partial charge on any atom is 0.110 e. The molecule has 1 heterocycles. The number of nitrogens with zero attached hydrogens (tertiary/aromatic N) is 1. The van der Waals surface area contributed by atoms with Crippen LogP contribution >= 0.6 is 22.9 Å². The molecule has 1 unspecified atom stereocenters. The van der Waals surface area contributed by atoms with Crippen molar-refractivity contribution in [1.29, 1.82) is 0 Å². The Balaban J connectivity index is 2.48. The Morgan fingerprint density at radius 1 is 1.85 bits per heavy atom. The molecule has 0 saturated carbocycles. The van der Waals surface area contributed by atoms with Crippen LogP contribution in [-0.2, 0) is 0 Å². The van der Waals surface area contributed by atoms with Crippen LogP contribution in [-0.4, -0.2) is 11.5 Å². The maximum atomic E-state index is 5.64. The summed E-state index contributed by atoms with van der Waals surface area (Å²) in [6.45, 7) is 8.30. The first-order chi connectivity index (χ1) is 6.09. The molecule has 0 aromatic carbocycles. The zero-order valence-corrected chi connectivity index (χ0v) is 9.37. The fourth-order valence-corrected chi connectivity index (χ4v) is 1.83. The summed E-state index contributed by atoms with van der Waals surface area (Å²) in [4.78, 5) is 4.37. The van der Waals surface area contributed by atoms with E-state index >= 15 is 0 Å². The van der Waals surface area contributed by atoms with E-state index in [9.17, 15) is 0 Å². The van der Waals surface area contributed by atoms with Crippen LogP contribution in [0.4, 0.5) is 0 Å². The molecule has 2 nitrogen and oxygen atoms in total. The maximum absolute atomic E-state index is 5.64. The normalized spacial score (nSPS) is 12.8. The van der Waals surface area contributed by atoms with E-state index in [1.54, 1.807) is 11.3 Å². The quantitative estimate of drug-likeness (QED) is 0.838. The van der Waals surface area contributed by atoms with E-state index < -0.39 is 0 Å². The van der Waals surface area contributed by atoms with Crippen molar-refractivity contribution in [3.63, 3.8) is 0 Å². The van der Waals surface area contributed by atoms with Crippen LogP contribution in [0.2, 0.25) is 0 Å². The van der Waals surface area contributed by atoms with Crippen molar-refractivity contribution in [3.05, 3.63) is 27.7 Å². The van der Waals surface area contributed by atoms with E-state index in [2.05, 4.69) is 23.8 Å². The lowest BCUT2D eigenvalue weighted by atomic mass is 10.3. The minimum atomic E-state index is 0.245. The summed E-state index contributed by atoms with van der Waals surface area (Å²) < 4.78 is 0. The highest BCUT2D eigenvalue weighted by atomic mass is 35.5. The molecule has 1 aromatic rings. The van der Waals surface area contributed by atoms with Crippen LogP contribution < -0.4 is 5.32 Å². The molecule has 0 aliphatic carbocycles. The van der Waals surface area contributed by atoms with Gasteiger partial charge in [-0.05, 0) is 13.8 Å². The lowest BCUT2D eigenvalue weighted by Gasteiger charge is -2.09. The lowest BCUT2D eigenvalue weighted by molar-refractivity contribution is 0.610. The molecule has 1 atom stereocenters. The third kappa shape index (κ3) is 3.46. The fraction of sp³-hybridized carbons (Fsp3) is 0.444. The minimum Gasteiger partial charge on any atom is -0.303 e. The minimum absolute atomic E-state index is 0.245. The molecule has 1 rings (SSSR count). The smallest absolute Gasteiger partial charge is 0.110 e. The molecular formula is C9H13ClN2S. The second-order valence-electron chi connectivity index (χ2n) is 2.95. The third-order valence-corrected chi connectivity index (χ3v) is 2.89. The van der Waals surface area contributed by atoms with Gasteiger partial charge in [-0.3, -0.25) is 0 Å². The molecule has 1 N–H and O–H groups in total. The number of rotatable bonds is 4. The van der Waals surface area contributed by atoms with E-state index in [-0.39, 0.29) is 6.04 Å². The highest BCUT2D eigenvalue weighted by Gasteiger charge is 2.07. The van der Waals surface area contributed by atoms with Gasteiger partial charge in [0.2, 0.25) is 0 Å². The molecule has 13 heavy (non-hydrogen) atoms. The van der Waals surface area contributed by atoms with Gasteiger partial charge in [-0.25, -0.2) is 4.98 Å². The number of aromatic nitrogens is 1. The molecule has 0 radical (unpaired) electrons. The van der Waals surface area contributed by atoms with E-state index in [0.717, 1.165) is 10.7 Å². The Morgan fingerprint density at radius 3 is 3.00 bits per heavy atom. The van der Waals surface area contributed by atoms with Gasteiger partial charge in [-0.1, -0.05) is 18.2 Å². The predicted octanol–water partition coefficient (Wildman–Crippen LogP) is 2.85. The number of hydrogen-bond acceptors (Lipinski definition) is 3. The molecule has 72 valence electrons. The molecule has 0 fully saturated rings. The summed E-state index contributed by atoms with van der Waals surface area (Å²) in [5.41, 5.74) is 1.07. The number of halogens is 1. The Hall–Kier alpha value is -0.380. The average molecular weight is 217 g/mol. The topological polar surface area (TPSA) is 24.9 Å². The average Bonchev–Trinajstić information content (AvgIpc) is 2.47. The fourth-order valence-electron chi connectivity index (χ4n) is 0.922. The second-order valence-corrected chi connectivity index (χ2v) is 4.37. The zero-order chi connectivity index (χ0) is 9.84. The highest BCUT2D eigenvalue weighted by Crippen LogP contribution is 2.17.